The Balaban J connectivity index is 1.95. The molecule has 0 N–H and O–H groups in total. The minimum Gasteiger partial charge on any atom is -0.350 e. The topological polar surface area (TPSA) is 32.3 Å². The summed E-state index contributed by atoms with van der Waals surface area (Å²) in [5.41, 5.74) is 2.18. The third-order valence-corrected chi connectivity index (χ3v) is 4.18. The van der Waals surface area contributed by atoms with Gasteiger partial charge >= 0.3 is 0 Å². The zero-order chi connectivity index (χ0) is 16.9. The number of fused-ring (bicyclic) bond motifs is 1. The Morgan fingerprint density at radius 2 is 1.67 bits per heavy atom. The lowest BCUT2D eigenvalue weighted by Crippen LogP contribution is -2.32. The molecule has 0 bridgehead atoms. The van der Waals surface area contributed by atoms with E-state index in [1.807, 2.05) is 30.3 Å². The van der Waals surface area contributed by atoms with Gasteiger partial charge in [0.1, 0.15) is 12.1 Å². The van der Waals surface area contributed by atoms with E-state index < -0.39 is 0 Å². The number of hydrogen-bond acceptors (Lipinski definition) is 4. The van der Waals surface area contributed by atoms with Gasteiger partial charge in [-0.05, 0) is 43.9 Å². The fourth-order valence-corrected chi connectivity index (χ4v) is 2.76. The van der Waals surface area contributed by atoms with Crippen molar-refractivity contribution in [3.63, 3.8) is 0 Å². The highest BCUT2D eigenvalue weighted by Gasteiger charge is 2.13. The van der Waals surface area contributed by atoms with E-state index >= 15 is 0 Å². The van der Waals surface area contributed by atoms with Crippen LogP contribution in [0.1, 0.15) is 5.56 Å². The van der Waals surface area contributed by atoms with E-state index in [0.717, 1.165) is 41.4 Å². The van der Waals surface area contributed by atoms with Crippen LogP contribution in [0.3, 0.4) is 0 Å². The van der Waals surface area contributed by atoms with E-state index in [1.165, 1.54) is 5.56 Å². The van der Waals surface area contributed by atoms with Gasteiger partial charge < -0.3 is 9.80 Å². The molecule has 0 amide bonds. The van der Waals surface area contributed by atoms with E-state index in [1.54, 1.807) is 6.33 Å². The summed E-state index contributed by atoms with van der Waals surface area (Å²) in [5, 5.41) is 1.83. The molecule has 0 saturated carbocycles. The molecule has 1 heterocycles. The van der Waals surface area contributed by atoms with E-state index in [9.17, 15) is 0 Å². The maximum absolute atomic E-state index is 6.01. The zero-order valence-electron chi connectivity index (χ0n) is 14.0. The van der Waals surface area contributed by atoms with Gasteiger partial charge in [-0.3, -0.25) is 0 Å². The number of para-hydroxylation sites is 1. The molecule has 0 atom stereocenters. The number of halogens is 1. The molecule has 0 spiro atoms. The van der Waals surface area contributed by atoms with Crippen LogP contribution in [0.15, 0.2) is 54.9 Å². The summed E-state index contributed by atoms with van der Waals surface area (Å²) < 4.78 is 0. The molecular formula is C19H21ClN4. The van der Waals surface area contributed by atoms with E-state index in [4.69, 9.17) is 11.6 Å². The highest BCUT2D eigenvalue weighted by atomic mass is 35.5. The summed E-state index contributed by atoms with van der Waals surface area (Å²) in [6.07, 6.45) is 1.64. The first-order valence-corrected chi connectivity index (χ1v) is 8.35. The molecule has 0 fully saturated rings. The molecule has 0 aliphatic carbocycles. The van der Waals surface area contributed by atoms with Gasteiger partial charge in [-0.2, -0.15) is 0 Å². The maximum atomic E-state index is 6.01. The third-order valence-electron chi connectivity index (χ3n) is 3.93. The first-order valence-electron chi connectivity index (χ1n) is 7.97. The summed E-state index contributed by atoms with van der Waals surface area (Å²) in [7, 11) is 4.16. The first-order chi connectivity index (χ1) is 11.6. The third kappa shape index (κ3) is 4.02. The van der Waals surface area contributed by atoms with Crippen molar-refractivity contribution in [2.75, 3.05) is 32.1 Å². The maximum Gasteiger partial charge on any atom is 0.140 e. The molecule has 2 aromatic carbocycles. The van der Waals surface area contributed by atoms with Gasteiger partial charge in [-0.15, -0.1) is 0 Å². The zero-order valence-corrected chi connectivity index (χ0v) is 14.7. The SMILES string of the molecule is CN(C)CCN(Cc1ccc(Cl)cc1)c1ncnc2ccccc12. The van der Waals surface area contributed by atoms with Crippen molar-refractivity contribution in [2.45, 2.75) is 6.54 Å². The Labute approximate surface area is 147 Å². The lowest BCUT2D eigenvalue weighted by atomic mass is 10.2. The summed E-state index contributed by atoms with van der Waals surface area (Å²) in [6, 6.07) is 16.1. The summed E-state index contributed by atoms with van der Waals surface area (Å²) in [5.74, 6) is 0.970. The number of hydrogen-bond donors (Lipinski definition) is 0. The Bertz CT molecular complexity index is 797. The molecule has 0 aliphatic rings. The monoisotopic (exact) mass is 340 g/mol. The van der Waals surface area contributed by atoms with Gasteiger partial charge in [0.2, 0.25) is 0 Å². The average Bonchev–Trinajstić information content (AvgIpc) is 2.60. The number of aromatic nitrogens is 2. The van der Waals surface area contributed by atoms with Crippen LogP contribution in [0.25, 0.3) is 10.9 Å². The van der Waals surface area contributed by atoms with Crippen molar-refractivity contribution in [2.24, 2.45) is 0 Å². The molecule has 3 rings (SSSR count). The van der Waals surface area contributed by atoms with Crippen LogP contribution < -0.4 is 4.90 Å². The van der Waals surface area contributed by atoms with Crippen molar-refractivity contribution in [3.05, 3.63) is 65.4 Å². The van der Waals surface area contributed by atoms with Gasteiger partial charge in [0.25, 0.3) is 0 Å². The molecule has 1 aromatic heterocycles. The number of anilines is 1. The Morgan fingerprint density at radius 1 is 0.917 bits per heavy atom. The molecule has 4 nitrogen and oxygen atoms in total. The molecular weight excluding hydrogens is 320 g/mol. The molecule has 0 unspecified atom stereocenters. The minimum absolute atomic E-state index is 0.756. The number of benzene rings is 2. The van der Waals surface area contributed by atoms with Crippen LogP contribution >= 0.6 is 11.6 Å². The number of rotatable bonds is 6. The largest absolute Gasteiger partial charge is 0.350 e. The highest BCUT2D eigenvalue weighted by molar-refractivity contribution is 6.30. The normalized spacial score (nSPS) is 11.2. The van der Waals surface area contributed by atoms with Gasteiger partial charge in [-0.25, -0.2) is 9.97 Å². The first kappa shape index (κ1) is 16.7. The fourth-order valence-electron chi connectivity index (χ4n) is 2.63. The van der Waals surface area contributed by atoms with Gasteiger partial charge in [0.15, 0.2) is 0 Å². The molecule has 3 aromatic rings. The quantitative estimate of drug-likeness (QED) is 0.682. The minimum atomic E-state index is 0.756. The molecule has 0 saturated heterocycles. The van der Waals surface area contributed by atoms with Crippen molar-refractivity contribution >= 4 is 28.3 Å². The molecule has 24 heavy (non-hydrogen) atoms. The van der Waals surface area contributed by atoms with Crippen molar-refractivity contribution in [1.29, 1.82) is 0 Å². The van der Waals surface area contributed by atoms with E-state index in [0.29, 0.717) is 0 Å². The van der Waals surface area contributed by atoms with Crippen LogP contribution in [0.2, 0.25) is 5.02 Å². The Hall–Kier alpha value is -2.17. The van der Waals surface area contributed by atoms with Crippen LogP contribution in [0.5, 0.6) is 0 Å². The van der Waals surface area contributed by atoms with Crippen LogP contribution in [0, 0.1) is 0 Å². The van der Waals surface area contributed by atoms with Gasteiger partial charge in [-0.1, -0.05) is 35.9 Å². The smallest absolute Gasteiger partial charge is 0.140 e. The molecule has 0 radical (unpaired) electrons. The second-order valence-electron chi connectivity index (χ2n) is 6.07. The predicted octanol–water partition coefficient (Wildman–Crippen LogP) is 3.85. The Kier molecular flexibility index (Phi) is 5.28. The molecule has 5 heteroatoms. The van der Waals surface area contributed by atoms with Crippen LogP contribution in [0.4, 0.5) is 5.82 Å². The molecule has 0 aliphatic heterocycles. The van der Waals surface area contributed by atoms with Crippen molar-refractivity contribution in [3.8, 4) is 0 Å². The summed E-state index contributed by atoms with van der Waals surface area (Å²) >= 11 is 6.01. The second kappa shape index (κ2) is 7.60. The number of likely N-dealkylation sites (N-methyl/N-ethyl adjacent to an activating group) is 1. The van der Waals surface area contributed by atoms with Crippen molar-refractivity contribution in [1.82, 2.24) is 14.9 Å². The standard InChI is InChI=1S/C19H21ClN4/c1-23(2)11-12-24(13-15-7-9-16(20)10-8-15)19-17-5-3-4-6-18(17)21-14-22-19/h3-10,14H,11-13H2,1-2H3. The Morgan fingerprint density at radius 3 is 2.42 bits per heavy atom. The predicted molar refractivity (Wildman–Crippen MR) is 101 cm³/mol. The van der Waals surface area contributed by atoms with Crippen molar-refractivity contribution < 1.29 is 0 Å². The average molecular weight is 341 g/mol. The molecule has 124 valence electrons. The van der Waals surface area contributed by atoms with Crippen LogP contribution in [-0.4, -0.2) is 42.1 Å². The van der Waals surface area contributed by atoms with Gasteiger partial charge in [0, 0.05) is 30.0 Å². The van der Waals surface area contributed by atoms with Gasteiger partial charge in [0.05, 0.1) is 5.52 Å². The second-order valence-corrected chi connectivity index (χ2v) is 6.50. The lowest BCUT2D eigenvalue weighted by Gasteiger charge is -2.26. The van der Waals surface area contributed by atoms with E-state index in [-0.39, 0.29) is 0 Å². The van der Waals surface area contributed by atoms with E-state index in [2.05, 4.69) is 52.1 Å². The summed E-state index contributed by atoms with van der Waals surface area (Å²) in [4.78, 5) is 13.4. The number of nitrogens with zero attached hydrogens (tertiary/aromatic N) is 4. The van der Waals surface area contributed by atoms with Crippen LogP contribution in [-0.2, 0) is 6.54 Å². The summed E-state index contributed by atoms with van der Waals surface area (Å²) in [6.45, 7) is 2.62. The fraction of sp³-hybridized carbons (Fsp3) is 0.263. The lowest BCUT2D eigenvalue weighted by molar-refractivity contribution is 0.412. The highest BCUT2D eigenvalue weighted by Crippen LogP contribution is 2.24.